The zero-order valence-electron chi connectivity index (χ0n) is 16.1. The van der Waals surface area contributed by atoms with Gasteiger partial charge in [-0.1, -0.05) is 30.3 Å². The highest BCUT2D eigenvalue weighted by atomic mass is 32.1. The topological polar surface area (TPSA) is 79.8 Å². The van der Waals surface area contributed by atoms with Crippen molar-refractivity contribution >= 4 is 34.6 Å². The molecule has 0 aliphatic rings. The minimum Gasteiger partial charge on any atom is -0.497 e. The lowest BCUT2D eigenvalue weighted by molar-refractivity contribution is -0.120. The van der Waals surface area contributed by atoms with Gasteiger partial charge in [-0.2, -0.15) is 5.10 Å². The molecule has 6 nitrogen and oxygen atoms in total. The van der Waals surface area contributed by atoms with Gasteiger partial charge in [0.15, 0.2) is 0 Å². The summed E-state index contributed by atoms with van der Waals surface area (Å²) in [5.41, 5.74) is 5.67. The predicted molar refractivity (Wildman–Crippen MR) is 116 cm³/mol. The quantitative estimate of drug-likeness (QED) is 0.457. The maximum absolute atomic E-state index is 12.1. The van der Waals surface area contributed by atoms with Gasteiger partial charge in [0, 0.05) is 5.69 Å². The van der Waals surface area contributed by atoms with E-state index in [0.29, 0.717) is 16.3 Å². The van der Waals surface area contributed by atoms with Crippen LogP contribution in [0.3, 0.4) is 0 Å². The summed E-state index contributed by atoms with van der Waals surface area (Å²) in [4.78, 5) is 24.8. The van der Waals surface area contributed by atoms with Crippen molar-refractivity contribution in [1.29, 1.82) is 0 Å². The molecule has 0 aliphatic heterocycles. The van der Waals surface area contributed by atoms with Gasteiger partial charge in [0.2, 0.25) is 5.91 Å². The van der Waals surface area contributed by atoms with Crippen LogP contribution >= 0.6 is 11.3 Å². The van der Waals surface area contributed by atoms with Crippen LogP contribution in [-0.4, -0.2) is 24.6 Å². The van der Waals surface area contributed by atoms with E-state index in [1.807, 2.05) is 54.8 Å². The highest BCUT2D eigenvalue weighted by molar-refractivity contribution is 7.12. The standard InChI is InChI=1S/C22H21N3O3S/c1-15(24-25-21(26)14-16-5-11-19(28-2)12-6-16)17-7-9-18(10-8-17)23-22(27)20-4-3-13-29-20/h3-13H,14H2,1-2H3,(H,23,27)(H,25,26)/b24-15-. The highest BCUT2D eigenvalue weighted by Gasteiger charge is 2.07. The molecule has 0 saturated carbocycles. The van der Waals surface area contributed by atoms with Crippen LogP contribution in [-0.2, 0) is 11.2 Å². The summed E-state index contributed by atoms with van der Waals surface area (Å²) in [5.74, 6) is 0.413. The van der Waals surface area contributed by atoms with Crippen LogP contribution in [0.1, 0.15) is 27.7 Å². The van der Waals surface area contributed by atoms with Gasteiger partial charge < -0.3 is 10.1 Å². The summed E-state index contributed by atoms with van der Waals surface area (Å²) in [5, 5.41) is 8.87. The van der Waals surface area contributed by atoms with Crippen LogP contribution < -0.4 is 15.5 Å². The zero-order chi connectivity index (χ0) is 20.6. The molecule has 0 fully saturated rings. The Labute approximate surface area is 173 Å². The number of nitrogens with zero attached hydrogens (tertiary/aromatic N) is 1. The number of thiophene rings is 1. The van der Waals surface area contributed by atoms with Crippen molar-refractivity contribution in [2.45, 2.75) is 13.3 Å². The first kappa shape index (κ1) is 20.3. The van der Waals surface area contributed by atoms with Gasteiger partial charge in [0.1, 0.15) is 5.75 Å². The minimum absolute atomic E-state index is 0.135. The Kier molecular flexibility index (Phi) is 6.76. The van der Waals surface area contributed by atoms with Gasteiger partial charge in [-0.05, 0) is 53.8 Å². The van der Waals surface area contributed by atoms with Gasteiger partial charge in [-0.15, -0.1) is 11.3 Å². The molecule has 2 aromatic carbocycles. The van der Waals surface area contributed by atoms with E-state index in [-0.39, 0.29) is 18.2 Å². The lowest BCUT2D eigenvalue weighted by atomic mass is 10.1. The molecule has 1 aromatic heterocycles. The smallest absolute Gasteiger partial charge is 0.265 e. The van der Waals surface area contributed by atoms with E-state index < -0.39 is 0 Å². The van der Waals surface area contributed by atoms with Crippen LogP contribution in [0.4, 0.5) is 5.69 Å². The van der Waals surface area contributed by atoms with E-state index in [2.05, 4.69) is 15.8 Å². The third kappa shape index (κ3) is 5.76. The number of carbonyl (C=O) groups is 2. The molecule has 0 spiro atoms. The predicted octanol–water partition coefficient (Wildman–Crippen LogP) is 4.09. The molecule has 29 heavy (non-hydrogen) atoms. The van der Waals surface area contributed by atoms with E-state index in [1.165, 1.54) is 11.3 Å². The third-order valence-corrected chi connectivity index (χ3v) is 5.05. The van der Waals surface area contributed by atoms with E-state index in [1.54, 1.807) is 25.3 Å². The molecule has 7 heteroatoms. The first-order valence-electron chi connectivity index (χ1n) is 8.96. The SMILES string of the molecule is COc1ccc(CC(=O)N/N=C(/C)c2ccc(NC(=O)c3cccs3)cc2)cc1. The van der Waals surface area contributed by atoms with Crippen LogP contribution in [0.5, 0.6) is 5.75 Å². The maximum atomic E-state index is 12.1. The fraction of sp³-hybridized carbons (Fsp3) is 0.136. The van der Waals surface area contributed by atoms with Crippen LogP contribution in [0.25, 0.3) is 0 Å². The number of hydrazone groups is 1. The van der Waals surface area contributed by atoms with Gasteiger partial charge in [-0.3, -0.25) is 9.59 Å². The van der Waals surface area contributed by atoms with Crippen molar-refractivity contribution in [1.82, 2.24) is 5.43 Å². The molecule has 0 atom stereocenters. The molecule has 3 rings (SSSR count). The Bertz CT molecular complexity index is 995. The van der Waals surface area contributed by atoms with Gasteiger partial charge in [0.05, 0.1) is 24.1 Å². The van der Waals surface area contributed by atoms with Crippen molar-refractivity contribution in [2.75, 3.05) is 12.4 Å². The monoisotopic (exact) mass is 407 g/mol. The normalized spacial score (nSPS) is 11.0. The molecule has 1 heterocycles. The fourth-order valence-corrected chi connectivity index (χ4v) is 3.19. The number of benzene rings is 2. The van der Waals surface area contributed by atoms with Crippen molar-refractivity contribution in [3.63, 3.8) is 0 Å². The Hall–Kier alpha value is -3.45. The number of hydrogen-bond donors (Lipinski definition) is 2. The van der Waals surface area contributed by atoms with Crippen molar-refractivity contribution in [2.24, 2.45) is 5.10 Å². The van der Waals surface area contributed by atoms with E-state index in [4.69, 9.17) is 4.74 Å². The number of rotatable bonds is 7. The average molecular weight is 407 g/mol. The molecule has 0 saturated heterocycles. The molecule has 148 valence electrons. The lowest BCUT2D eigenvalue weighted by Crippen LogP contribution is -2.21. The second-order valence-corrected chi connectivity index (χ2v) is 7.21. The Morgan fingerprint density at radius 3 is 2.38 bits per heavy atom. The van der Waals surface area contributed by atoms with Gasteiger partial charge in [-0.25, -0.2) is 5.43 Å². The average Bonchev–Trinajstić information content (AvgIpc) is 3.28. The Morgan fingerprint density at radius 1 is 1.03 bits per heavy atom. The molecular weight excluding hydrogens is 386 g/mol. The van der Waals surface area contributed by atoms with Gasteiger partial charge >= 0.3 is 0 Å². The lowest BCUT2D eigenvalue weighted by Gasteiger charge is -2.06. The summed E-state index contributed by atoms with van der Waals surface area (Å²) in [7, 11) is 1.60. The number of amides is 2. The van der Waals surface area contributed by atoms with Crippen LogP contribution in [0.2, 0.25) is 0 Å². The summed E-state index contributed by atoms with van der Waals surface area (Å²) in [6, 6.07) is 18.2. The second-order valence-electron chi connectivity index (χ2n) is 6.27. The first-order valence-corrected chi connectivity index (χ1v) is 9.84. The molecule has 0 aliphatic carbocycles. The Morgan fingerprint density at radius 2 is 1.76 bits per heavy atom. The maximum Gasteiger partial charge on any atom is 0.265 e. The number of ether oxygens (including phenoxy) is 1. The summed E-state index contributed by atoms with van der Waals surface area (Å²) >= 11 is 1.39. The third-order valence-electron chi connectivity index (χ3n) is 4.18. The molecule has 2 N–H and O–H groups in total. The van der Waals surface area contributed by atoms with Crippen molar-refractivity contribution in [3.05, 3.63) is 82.0 Å². The second kappa shape index (κ2) is 9.66. The fourth-order valence-electron chi connectivity index (χ4n) is 2.57. The van der Waals surface area contributed by atoms with Crippen molar-refractivity contribution < 1.29 is 14.3 Å². The van der Waals surface area contributed by atoms with Crippen molar-refractivity contribution in [3.8, 4) is 5.75 Å². The molecule has 0 bridgehead atoms. The van der Waals surface area contributed by atoms with Crippen LogP contribution in [0.15, 0.2) is 71.1 Å². The number of nitrogens with one attached hydrogen (secondary N) is 2. The number of hydrogen-bond acceptors (Lipinski definition) is 5. The van der Waals surface area contributed by atoms with Crippen LogP contribution in [0, 0.1) is 0 Å². The summed E-state index contributed by atoms with van der Waals surface area (Å²) in [6.07, 6.45) is 0.231. The van der Waals surface area contributed by atoms with E-state index in [0.717, 1.165) is 16.9 Å². The molecular formula is C22H21N3O3S. The largest absolute Gasteiger partial charge is 0.497 e. The van der Waals surface area contributed by atoms with E-state index in [9.17, 15) is 9.59 Å². The summed E-state index contributed by atoms with van der Waals surface area (Å²) < 4.78 is 5.11. The highest BCUT2D eigenvalue weighted by Crippen LogP contribution is 2.15. The Balaban J connectivity index is 1.54. The molecule has 2 amide bonds. The number of carbonyl (C=O) groups excluding carboxylic acids is 2. The summed E-state index contributed by atoms with van der Waals surface area (Å²) in [6.45, 7) is 1.81. The first-order chi connectivity index (χ1) is 14.0. The zero-order valence-corrected chi connectivity index (χ0v) is 17.0. The molecule has 0 radical (unpaired) electrons. The molecule has 3 aromatic rings. The minimum atomic E-state index is -0.200. The number of methoxy groups -OCH3 is 1. The molecule has 0 unspecified atom stereocenters. The number of anilines is 1. The van der Waals surface area contributed by atoms with Gasteiger partial charge in [0.25, 0.3) is 5.91 Å². The van der Waals surface area contributed by atoms with E-state index >= 15 is 0 Å².